The number of nitrogens with zero attached hydrogens (tertiary/aromatic N) is 4. The summed E-state index contributed by atoms with van der Waals surface area (Å²) in [7, 11) is 0. The van der Waals surface area contributed by atoms with Crippen LogP contribution in [-0.4, -0.2) is 17.6 Å². The average Bonchev–Trinajstić information content (AvgIpc) is 2.57. The molecule has 0 bridgehead atoms. The predicted molar refractivity (Wildman–Crippen MR) is 110 cm³/mol. The second-order valence-electron chi connectivity index (χ2n) is 6.59. The maximum atomic E-state index is 9.68. The summed E-state index contributed by atoms with van der Waals surface area (Å²) in [5.41, 5.74) is 13.3. The third-order valence-corrected chi connectivity index (χ3v) is 4.86. The molecule has 4 N–H and O–H groups in total. The molecule has 0 radical (unpaired) electrons. The van der Waals surface area contributed by atoms with Gasteiger partial charge in [-0.2, -0.15) is 10.3 Å². The van der Waals surface area contributed by atoms with E-state index in [0.717, 1.165) is 5.56 Å². The number of anilines is 1. The van der Waals surface area contributed by atoms with E-state index in [4.69, 9.17) is 34.7 Å². The number of benzene rings is 2. The van der Waals surface area contributed by atoms with Crippen LogP contribution in [0, 0.1) is 11.3 Å². The highest BCUT2D eigenvalue weighted by Gasteiger charge is 2.33. The van der Waals surface area contributed by atoms with Crippen molar-refractivity contribution in [2.75, 3.05) is 4.90 Å². The minimum atomic E-state index is -0.717. The Morgan fingerprint density at radius 2 is 1.78 bits per heavy atom. The zero-order valence-corrected chi connectivity index (χ0v) is 16.3. The Balaban J connectivity index is 2.00. The number of rotatable bonds is 3. The van der Waals surface area contributed by atoms with Gasteiger partial charge in [0.05, 0.1) is 12.0 Å². The van der Waals surface area contributed by atoms with Gasteiger partial charge in [-0.05, 0) is 49.2 Å². The quantitative estimate of drug-likeness (QED) is 0.816. The topological polar surface area (TPSA) is 104 Å². The Morgan fingerprint density at radius 3 is 2.33 bits per heavy atom. The number of nitrogens with two attached hydrogens (primary N) is 2. The van der Waals surface area contributed by atoms with Crippen LogP contribution in [0.3, 0.4) is 0 Å². The number of guanidine groups is 2. The molecule has 27 heavy (non-hydrogen) atoms. The first-order valence-corrected chi connectivity index (χ1v) is 8.93. The second kappa shape index (κ2) is 7.10. The van der Waals surface area contributed by atoms with Crippen LogP contribution in [0.15, 0.2) is 52.4 Å². The number of hydrogen-bond acceptors (Lipinski definition) is 6. The van der Waals surface area contributed by atoms with Gasteiger partial charge in [-0.3, -0.25) is 4.90 Å². The fraction of sp³-hybridized carbons (Fsp3) is 0.211. The molecule has 1 atom stereocenters. The first-order valence-electron chi connectivity index (χ1n) is 8.17. The maximum absolute atomic E-state index is 9.68. The third-order valence-electron chi connectivity index (χ3n) is 4.28. The number of aliphatic imine (C=N–C) groups is 2. The molecule has 0 aliphatic carbocycles. The van der Waals surface area contributed by atoms with E-state index in [9.17, 15) is 5.26 Å². The van der Waals surface area contributed by atoms with E-state index in [1.807, 2.05) is 38.1 Å². The normalized spacial score (nSPS) is 16.9. The summed E-state index contributed by atoms with van der Waals surface area (Å²) in [5, 5.41) is 10.7. The van der Waals surface area contributed by atoms with E-state index in [1.165, 1.54) is 0 Å². The molecule has 0 saturated carbocycles. The fourth-order valence-electron chi connectivity index (χ4n) is 3.12. The van der Waals surface area contributed by atoms with Gasteiger partial charge in [0.2, 0.25) is 11.9 Å². The summed E-state index contributed by atoms with van der Waals surface area (Å²) in [4.78, 5) is 10.1. The number of halogens is 2. The molecule has 1 aliphatic heterocycles. The lowest BCUT2D eigenvalue weighted by molar-refractivity contribution is 0.534. The molecule has 1 aliphatic rings. The van der Waals surface area contributed by atoms with Crippen molar-refractivity contribution in [3.05, 3.63) is 63.6 Å². The largest absolute Gasteiger partial charge is 0.369 e. The van der Waals surface area contributed by atoms with Gasteiger partial charge in [0.1, 0.15) is 5.66 Å². The van der Waals surface area contributed by atoms with Gasteiger partial charge in [-0.25, -0.2) is 4.99 Å². The van der Waals surface area contributed by atoms with Crippen molar-refractivity contribution in [3.8, 4) is 6.07 Å². The van der Waals surface area contributed by atoms with Gasteiger partial charge in [0.15, 0.2) is 0 Å². The smallest absolute Gasteiger partial charge is 0.220 e. The standard InChI is InChI=1S/C19H18Cl2N6/c1-19(2)26-17(23)25-18(24)27(19)13-7-8-14(16(21)9-13)15(10-22)11-3-5-12(20)6-4-11/h3-9,15H,1-2H3,(H4,23,24,25,26). The van der Waals surface area contributed by atoms with Crippen LogP contribution in [0.1, 0.15) is 30.9 Å². The minimum Gasteiger partial charge on any atom is -0.369 e. The fourth-order valence-corrected chi connectivity index (χ4v) is 3.53. The van der Waals surface area contributed by atoms with Crippen LogP contribution in [0.2, 0.25) is 10.0 Å². The van der Waals surface area contributed by atoms with Gasteiger partial charge in [-0.15, -0.1) is 0 Å². The van der Waals surface area contributed by atoms with Gasteiger partial charge in [0, 0.05) is 15.7 Å². The van der Waals surface area contributed by atoms with Crippen LogP contribution in [0.25, 0.3) is 0 Å². The SMILES string of the molecule is CC1(C)N=C(N)N=C(N)N1c1ccc(C(C#N)c2ccc(Cl)cc2)c(Cl)c1. The van der Waals surface area contributed by atoms with Crippen molar-refractivity contribution in [2.45, 2.75) is 25.4 Å². The van der Waals surface area contributed by atoms with E-state index < -0.39 is 11.6 Å². The van der Waals surface area contributed by atoms with Crippen LogP contribution < -0.4 is 16.4 Å². The van der Waals surface area contributed by atoms with E-state index in [0.29, 0.717) is 21.3 Å². The van der Waals surface area contributed by atoms with E-state index in [2.05, 4.69) is 16.1 Å². The monoisotopic (exact) mass is 400 g/mol. The zero-order chi connectivity index (χ0) is 19.8. The zero-order valence-electron chi connectivity index (χ0n) is 14.8. The van der Waals surface area contributed by atoms with E-state index in [-0.39, 0.29) is 11.9 Å². The maximum Gasteiger partial charge on any atom is 0.220 e. The molecule has 2 aromatic rings. The van der Waals surface area contributed by atoms with Crippen LogP contribution >= 0.6 is 23.2 Å². The van der Waals surface area contributed by atoms with E-state index in [1.54, 1.807) is 23.1 Å². The molecular formula is C19H18Cl2N6. The van der Waals surface area contributed by atoms with Crippen molar-refractivity contribution in [2.24, 2.45) is 21.5 Å². The molecule has 0 amide bonds. The Labute approximate surface area is 167 Å². The summed E-state index contributed by atoms with van der Waals surface area (Å²) in [6.45, 7) is 3.74. The van der Waals surface area contributed by atoms with Crippen LogP contribution in [-0.2, 0) is 0 Å². The van der Waals surface area contributed by atoms with Gasteiger partial charge in [-0.1, -0.05) is 41.4 Å². The van der Waals surface area contributed by atoms with Crippen molar-refractivity contribution in [1.82, 2.24) is 0 Å². The van der Waals surface area contributed by atoms with Crippen molar-refractivity contribution in [3.63, 3.8) is 0 Å². The lowest BCUT2D eigenvalue weighted by Gasteiger charge is -2.38. The molecule has 1 heterocycles. The molecule has 0 fully saturated rings. The third kappa shape index (κ3) is 3.70. The van der Waals surface area contributed by atoms with E-state index >= 15 is 0 Å². The summed E-state index contributed by atoms with van der Waals surface area (Å²) < 4.78 is 0. The lowest BCUT2D eigenvalue weighted by atomic mass is 9.92. The Bertz CT molecular complexity index is 973. The first-order chi connectivity index (χ1) is 12.7. The van der Waals surface area contributed by atoms with Crippen molar-refractivity contribution in [1.29, 1.82) is 5.26 Å². The minimum absolute atomic E-state index is 0.128. The molecular weight excluding hydrogens is 383 g/mol. The summed E-state index contributed by atoms with van der Waals surface area (Å²) >= 11 is 12.5. The van der Waals surface area contributed by atoms with Crippen LogP contribution in [0.4, 0.5) is 5.69 Å². The second-order valence-corrected chi connectivity index (χ2v) is 7.43. The molecule has 138 valence electrons. The summed E-state index contributed by atoms with van der Waals surface area (Å²) in [6.07, 6.45) is 0. The lowest BCUT2D eigenvalue weighted by Crippen LogP contribution is -2.54. The molecule has 8 heteroatoms. The highest BCUT2D eigenvalue weighted by atomic mass is 35.5. The Hall–Kier alpha value is -2.75. The molecule has 0 spiro atoms. The van der Waals surface area contributed by atoms with Crippen molar-refractivity contribution < 1.29 is 0 Å². The van der Waals surface area contributed by atoms with Gasteiger partial charge < -0.3 is 11.5 Å². The average molecular weight is 401 g/mol. The first kappa shape index (κ1) is 19.0. The number of nitriles is 1. The molecule has 1 unspecified atom stereocenters. The molecule has 0 saturated heterocycles. The molecule has 6 nitrogen and oxygen atoms in total. The van der Waals surface area contributed by atoms with Crippen molar-refractivity contribution >= 4 is 40.8 Å². The highest BCUT2D eigenvalue weighted by Crippen LogP contribution is 2.35. The van der Waals surface area contributed by atoms with Crippen LogP contribution in [0.5, 0.6) is 0 Å². The number of hydrogen-bond donors (Lipinski definition) is 2. The Morgan fingerprint density at radius 1 is 1.11 bits per heavy atom. The molecule has 3 rings (SSSR count). The summed E-state index contributed by atoms with van der Waals surface area (Å²) in [6, 6.07) is 14.8. The highest BCUT2D eigenvalue weighted by molar-refractivity contribution is 6.32. The summed E-state index contributed by atoms with van der Waals surface area (Å²) in [5.74, 6) is -0.160. The predicted octanol–water partition coefficient (Wildman–Crippen LogP) is 3.83. The Kier molecular flexibility index (Phi) is 5.01. The van der Waals surface area contributed by atoms with Gasteiger partial charge in [0.25, 0.3) is 0 Å². The molecule has 0 aromatic heterocycles. The molecule has 2 aromatic carbocycles. The van der Waals surface area contributed by atoms with Gasteiger partial charge >= 0.3 is 0 Å².